The van der Waals surface area contributed by atoms with Crippen molar-refractivity contribution < 1.29 is 13.8 Å². The van der Waals surface area contributed by atoms with Gasteiger partial charge in [-0.05, 0) is 0 Å². The molecule has 0 radical (unpaired) electrons. The Morgan fingerprint density at radius 3 is 2.09 bits per heavy atom. The summed E-state index contributed by atoms with van der Waals surface area (Å²) in [5, 5.41) is 5.18. The van der Waals surface area contributed by atoms with Crippen molar-refractivity contribution >= 4 is 28.6 Å². The topological polar surface area (TPSA) is 0 Å². The fourth-order valence-corrected chi connectivity index (χ4v) is 6.90. The van der Waals surface area contributed by atoms with E-state index in [4.69, 9.17) is 0 Å². The molecule has 0 aromatic heterocycles. The van der Waals surface area contributed by atoms with Crippen LogP contribution in [0.1, 0.15) is 6.42 Å². The number of hydrogen-bond acceptors (Lipinski definition) is 0. The zero-order valence-corrected chi connectivity index (χ0v) is 14.2. The van der Waals surface area contributed by atoms with Gasteiger partial charge in [-0.1, -0.05) is 0 Å². The molecule has 0 bridgehead atoms. The van der Waals surface area contributed by atoms with Gasteiger partial charge in [0.15, 0.2) is 0 Å². The van der Waals surface area contributed by atoms with Crippen molar-refractivity contribution in [3.8, 4) is 0 Å². The molecule has 11 heavy (non-hydrogen) atoms. The maximum atomic E-state index is 2.59. The number of allylic oxidation sites excluding steroid dienone is 4. The molecule has 0 amide bonds. The summed E-state index contributed by atoms with van der Waals surface area (Å²) >= 11 is -1.74. The van der Waals surface area contributed by atoms with Crippen LogP contribution in [0, 0.1) is 0 Å². The number of rotatable bonds is 1. The van der Waals surface area contributed by atoms with Crippen LogP contribution in [-0.2, 0) is 13.8 Å². The Hall–Kier alpha value is 0.918. The summed E-state index contributed by atoms with van der Waals surface area (Å²) in [6.07, 6.45) is 8.22. The zero-order chi connectivity index (χ0) is 7.85. The number of halogens is 1. The third-order valence-electron chi connectivity index (χ3n) is 2.06. The minimum atomic E-state index is -1.74. The predicted molar refractivity (Wildman–Crippen MR) is 60.7 cm³/mol. The van der Waals surface area contributed by atoms with Crippen molar-refractivity contribution in [2.24, 2.45) is 0 Å². The molecular formula is C7H18ClSi2Ti. The standard InChI is InChI=1S/C5H5.2CH3.ClH.2H3Si.Ti/c1-2-4-5-3-1;;;;;;/h1-3H,4H2;2*1H3;1H;2*1H3;. The van der Waals surface area contributed by atoms with Gasteiger partial charge < -0.3 is 0 Å². The molecule has 1 aliphatic rings. The predicted octanol–water partition coefficient (Wildman–Crippen LogP) is 0.599. The van der Waals surface area contributed by atoms with E-state index in [9.17, 15) is 0 Å². The molecule has 0 N–H and O–H groups in total. The third kappa shape index (κ3) is 3.43. The Bertz CT molecular complexity index is 203. The summed E-state index contributed by atoms with van der Waals surface area (Å²) in [4.78, 5) is 0. The molecule has 4 heteroatoms. The second-order valence-corrected chi connectivity index (χ2v) is 55.9. The van der Waals surface area contributed by atoms with E-state index in [1.165, 1.54) is 22.6 Å². The zero-order valence-electron chi connectivity index (χ0n) is 7.85. The first kappa shape index (κ1) is 11.9. The van der Waals surface area contributed by atoms with Crippen molar-refractivity contribution in [1.82, 2.24) is 0 Å². The van der Waals surface area contributed by atoms with Crippen molar-refractivity contribution in [3.63, 3.8) is 0 Å². The summed E-state index contributed by atoms with van der Waals surface area (Å²) in [5.41, 5.74) is 0. The van der Waals surface area contributed by atoms with Crippen LogP contribution in [0.25, 0.3) is 0 Å². The molecule has 0 unspecified atom stereocenters. The molecular weight excluding hydrogens is 224 g/mol. The van der Waals surface area contributed by atoms with Crippen LogP contribution < -0.4 is 0 Å². The number of hydrogen-bond donors (Lipinski definition) is 0. The quantitative estimate of drug-likeness (QED) is 0.590. The van der Waals surface area contributed by atoms with Gasteiger partial charge in [0, 0.05) is 0 Å². The molecule has 0 aromatic rings. The van der Waals surface area contributed by atoms with Crippen molar-refractivity contribution in [1.29, 1.82) is 0 Å². The second-order valence-electron chi connectivity index (χ2n) is 5.32. The fourth-order valence-electron chi connectivity index (χ4n) is 1.19. The maximum absolute atomic E-state index is 2.59. The monoisotopic (exact) mass is 241 g/mol. The fraction of sp³-hybridized carbons (Fsp3) is 0.429. The van der Waals surface area contributed by atoms with E-state index < -0.39 is 13.8 Å². The Kier molecular flexibility index (Phi) is 3.62. The molecule has 0 fully saturated rings. The Morgan fingerprint density at radius 2 is 1.91 bits per heavy atom. The average Bonchev–Trinajstić information content (AvgIpc) is 2.04. The summed E-state index contributed by atoms with van der Waals surface area (Å²) in [6, 6.07) is 0. The molecule has 0 spiro atoms. The van der Waals surface area contributed by atoms with Crippen LogP contribution in [0.4, 0.5) is 0 Å². The van der Waals surface area contributed by atoms with E-state index in [1.54, 1.807) is 0 Å². The van der Waals surface area contributed by atoms with Crippen molar-refractivity contribution in [2.45, 2.75) is 16.9 Å². The summed E-state index contributed by atoms with van der Waals surface area (Å²) in [7, 11) is 2.95. The van der Waals surface area contributed by atoms with E-state index in [2.05, 4.69) is 28.7 Å². The van der Waals surface area contributed by atoms with Crippen molar-refractivity contribution in [2.75, 3.05) is 0 Å². The summed E-state index contributed by atoms with van der Waals surface area (Å²) in [6.45, 7) is 0. The normalized spacial score (nSPS) is 20.5. The summed E-state index contributed by atoms with van der Waals surface area (Å²) in [5.74, 6) is 0. The van der Waals surface area contributed by atoms with E-state index in [0.717, 1.165) is 0 Å². The van der Waals surface area contributed by atoms with Crippen LogP contribution in [0.5, 0.6) is 0 Å². The molecule has 0 saturated heterocycles. The minimum absolute atomic E-state index is 0. The Balaban J connectivity index is 0.000001000. The summed E-state index contributed by atoms with van der Waals surface area (Å²) < 4.78 is 1.84. The molecule has 0 heterocycles. The van der Waals surface area contributed by atoms with Gasteiger partial charge in [0.05, 0.1) is 0 Å². The second kappa shape index (κ2) is 3.35. The van der Waals surface area contributed by atoms with Crippen LogP contribution in [0.15, 0.2) is 22.1 Å². The molecule has 0 atom stereocenters. The van der Waals surface area contributed by atoms with Crippen LogP contribution in [0.3, 0.4) is 0 Å². The first-order chi connectivity index (χ1) is 4.36. The van der Waals surface area contributed by atoms with Crippen molar-refractivity contribution in [3.05, 3.63) is 22.1 Å². The van der Waals surface area contributed by atoms with E-state index >= 15 is 0 Å². The van der Waals surface area contributed by atoms with Crippen LogP contribution >= 0.6 is 12.4 Å². The first-order valence-electron chi connectivity index (χ1n) is 3.97. The van der Waals surface area contributed by atoms with Gasteiger partial charge in [0.2, 0.25) is 0 Å². The molecule has 0 nitrogen and oxygen atoms in total. The molecule has 1 aliphatic carbocycles. The average molecular weight is 242 g/mol. The van der Waals surface area contributed by atoms with Gasteiger partial charge in [0.25, 0.3) is 0 Å². The van der Waals surface area contributed by atoms with Gasteiger partial charge in [0.1, 0.15) is 0 Å². The molecule has 0 aliphatic heterocycles. The van der Waals surface area contributed by atoms with Gasteiger partial charge in [-0.3, -0.25) is 0 Å². The molecule has 1 rings (SSSR count). The molecule has 0 aromatic carbocycles. The Labute approximate surface area is 81.1 Å². The van der Waals surface area contributed by atoms with Gasteiger partial charge >= 0.3 is 69.0 Å². The van der Waals surface area contributed by atoms with E-state index in [1.807, 2.05) is 3.88 Å². The van der Waals surface area contributed by atoms with Gasteiger partial charge in [-0.25, -0.2) is 0 Å². The third-order valence-corrected chi connectivity index (χ3v) is 11.9. The first-order valence-corrected chi connectivity index (χ1v) is 19.2. The SMILES string of the molecule is Cl.[CH3][Ti]([CH3])([SiH3])([SiH3])[C]1=CC=CC1. The van der Waals surface area contributed by atoms with Crippen LogP contribution in [-0.4, -0.2) is 16.2 Å². The Morgan fingerprint density at radius 1 is 1.36 bits per heavy atom. The molecule has 0 saturated carbocycles. The van der Waals surface area contributed by atoms with E-state index in [-0.39, 0.29) is 12.4 Å². The molecule has 65 valence electrons. The van der Waals surface area contributed by atoms with Gasteiger partial charge in [-0.2, -0.15) is 0 Å². The van der Waals surface area contributed by atoms with E-state index in [0.29, 0.717) is 0 Å². The van der Waals surface area contributed by atoms with Gasteiger partial charge in [-0.15, -0.1) is 12.4 Å². The van der Waals surface area contributed by atoms with Crippen LogP contribution in [0.2, 0.25) is 10.5 Å².